The van der Waals surface area contributed by atoms with Crippen LogP contribution in [0.3, 0.4) is 0 Å². The van der Waals surface area contributed by atoms with E-state index in [-0.39, 0.29) is 5.91 Å². The van der Waals surface area contributed by atoms with Crippen LogP contribution in [0, 0.1) is 0 Å². The van der Waals surface area contributed by atoms with Crippen LogP contribution in [0.25, 0.3) is 0 Å². The van der Waals surface area contributed by atoms with Gasteiger partial charge in [-0.25, -0.2) is 4.98 Å². The standard InChI is InChI=1S/C14H25N5O2/c1-21-10-9-17-4-2-5-19(8-7-17)14(20)13-11-18(6-3-15)12-16-13/h11-12H,2-10,15H2,1H3. The van der Waals surface area contributed by atoms with Crippen molar-refractivity contribution < 1.29 is 9.53 Å². The largest absolute Gasteiger partial charge is 0.383 e. The maximum absolute atomic E-state index is 12.5. The van der Waals surface area contributed by atoms with Crippen LogP contribution in [0.1, 0.15) is 16.9 Å². The third-order valence-electron chi connectivity index (χ3n) is 3.73. The van der Waals surface area contributed by atoms with Crippen LogP contribution in [0.15, 0.2) is 12.5 Å². The fraction of sp³-hybridized carbons (Fsp3) is 0.714. The van der Waals surface area contributed by atoms with Gasteiger partial charge >= 0.3 is 0 Å². The Bertz CT molecular complexity index is 448. The van der Waals surface area contributed by atoms with E-state index in [1.54, 1.807) is 19.6 Å². The predicted octanol–water partition coefficient (Wildman–Crippen LogP) is -0.364. The first-order valence-electron chi connectivity index (χ1n) is 7.47. The SMILES string of the molecule is COCCN1CCCN(C(=O)c2cn(CCN)cn2)CC1. The summed E-state index contributed by atoms with van der Waals surface area (Å²) in [6.45, 7) is 6.31. The third kappa shape index (κ3) is 4.52. The molecule has 1 saturated heterocycles. The van der Waals surface area contributed by atoms with Gasteiger partial charge in [0.15, 0.2) is 0 Å². The van der Waals surface area contributed by atoms with Gasteiger partial charge in [-0.05, 0) is 13.0 Å². The van der Waals surface area contributed by atoms with Crippen molar-refractivity contribution in [2.75, 3.05) is 53.0 Å². The van der Waals surface area contributed by atoms with Gasteiger partial charge in [0.05, 0.1) is 12.9 Å². The second-order valence-corrected chi connectivity index (χ2v) is 5.27. The zero-order chi connectivity index (χ0) is 15.1. The summed E-state index contributed by atoms with van der Waals surface area (Å²) >= 11 is 0. The Kier molecular flexibility index (Phi) is 6.16. The summed E-state index contributed by atoms with van der Waals surface area (Å²) < 4.78 is 6.97. The zero-order valence-electron chi connectivity index (χ0n) is 12.7. The topological polar surface area (TPSA) is 76.6 Å². The van der Waals surface area contributed by atoms with Gasteiger partial charge in [0, 0.05) is 52.6 Å². The minimum Gasteiger partial charge on any atom is -0.383 e. The normalized spacial score (nSPS) is 17.0. The highest BCUT2D eigenvalue weighted by Crippen LogP contribution is 2.08. The van der Waals surface area contributed by atoms with Crippen LogP contribution in [0.4, 0.5) is 0 Å². The Morgan fingerprint density at radius 2 is 2.19 bits per heavy atom. The highest BCUT2D eigenvalue weighted by molar-refractivity contribution is 5.92. The van der Waals surface area contributed by atoms with Crippen molar-refractivity contribution in [2.45, 2.75) is 13.0 Å². The van der Waals surface area contributed by atoms with Gasteiger partial charge in [-0.2, -0.15) is 0 Å². The molecule has 118 valence electrons. The summed E-state index contributed by atoms with van der Waals surface area (Å²) in [6, 6.07) is 0. The highest BCUT2D eigenvalue weighted by Gasteiger charge is 2.21. The smallest absolute Gasteiger partial charge is 0.274 e. The fourth-order valence-corrected chi connectivity index (χ4v) is 2.52. The van der Waals surface area contributed by atoms with Crippen molar-refractivity contribution >= 4 is 5.91 Å². The van der Waals surface area contributed by atoms with Crippen molar-refractivity contribution in [1.82, 2.24) is 19.4 Å². The fourth-order valence-electron chi connectivity index (χ4n) is 2.52. The minimum atomic E-state index is 0.0133. The second kappa shape index (κ2) is 8.11. The number of rotatable bonds is 6. The number of amides is 1. The van der Waals surface area contributed by atoms with E-state index >= 15 is 0 Å². The van der Waals surface area contributed by atoms with E-state index in [0.29, 0.717) is 18.8 Å². The molecule has 0 aliphatic carbocycles. The van der Waals surface area contributed by atoms with E-state index < -0.39 is 0 Å². The van der Waals surface area contributed by atoms with E-state index in [1.807, 2.05) is 9.47 Å². The van der Waals surface area contributed by atoms with E-state index in [9.17, 15) is 4.79 Å². The van der Waals surface area contributed by atoms with Crippen LogP contribution >= 0.6 is 0 Å². The van der Waals surface area contributed by atoms with Gasteiger partial charge in [-0.3, -0.25) is 9.69 Å². The summed E-state index contributed by atoms with van der Waals surface area (Å²) in [7, 11) is 1.71. The van der Waals surface area contributed by atoms with Gasteiger partial charge in [0.2, 0.25) is 0 Å². The van der Waals surface area contributed by atoms with Gasteiger partial charge < -0.3 is 19.9 Å². The Morgan fingerprint density at radius 3 is 2.95 bits per heavy atom. The van der Waals surface area contributed by atoms with E-state index in [2.05, 4.69) is 9.88 Å². The molecule has 2 heterocycles. The number of imidazole rings is 1. The molecule has 0 atom stereocenters. The predicted molar refractivity (Wildman–Crippen MR) is 80.1 cm³/mol. The molecule has 1 aliphatic heterocycles. The molecule has 1 aromatic rings. The van der Waals surface area contributed by atoms with Gasteiger partial charge in [-0.1, -0.05) is 0 Å². The average Bonchev–Trinajstić information content (AvgIpc) is 2.82. The molecule has 0 saturated carbocycles. The van der Waals surface area contributed by atoms with Crippen LogP contribution in [-0.2, 0) is 11.3 Å². The number of carbonyl (C=O) groups excluding carboxylic acids is 1. The molecule has 1 amide bonds. The molecule has 2 rings (SSSR count). The molecule has 21 heavy (non-hydrogen) atoms. The minimum absolute atomic E-state index is 0.0133. The first-order valence-corrected chi connectivity index (χ1v) is 7.47. The van der Waals surface area contributed by atoms with Crippen molar-refractivity contribution in [1.29, 1.82) is 0 Å². The van der Waals surface area contributed by atoms with Gasteiger partial charge in [0.25, 0.3) is 5.91 Å². The lowest BCUT2D eigenvalue weighted by Gasteiger charge is -2.21. The molecule has 2 N–H and O–H groups in total. The Morgan fingerprint density at radius 1 is 1.33 bits per heavy atom. The van der Waals surface area contributed by atoms with E-state index in [4.69, 9.17) is 10.5 Å². The number of carbonyl (C=O) groups is 1. The van der Waals surface area contributed by atoms with Crippen LogP contribution < -0.4 is 5.73 Å². The molecule has 0 bridgehead atoms. The molecule has 0 unspecified atom stereocenters. The molecular weight excluding hydrogens is 270 g/mol. The second-order valence-electron chi connectivity index (χ2n) is 5.27. The van der Waals surface area contributed by atoms with Crippen LogP contribution in [-0.4, -0.2) is 78.2 Å². The molecule has 1 aliphatic rings. The molecule has 0 aromatic carbocycles. The lowest BCUT2D eigenvalue weighted by Crippen LogP contribution is -2.36. The summed E-state index contributed by atoms with van der Waals surface area (Å²) in [4.78, 5) is 20.9. The maximum Gasteiger partial charge on any atom is 0.274 e. The lowest BCUT2D eigenvalue weighted by atomic mass is 10.3. The zero-order valence-corrected chi connectivity index (χ0v) is 12.7. The number of methoxy groups -OCH3 is 1. The molecular formula is C14H25N5O2. The van der Waals surface area contributed by atoms with Gasteiger partial charge in [-0.15, -0.1) is 0 Å². The summed E-state index contributed by atoms with van der Waals surface area (Å²) in [5.74, 6) is 0.0133. The highest BCUT2D eigenvalue weighted by atomic mass is 16.5. The van der Waals surface area contributed by atoms with Crippen molar-refractivity contribution in [2.24, 2.45) is 5.73 Å². The number of nitrogens with two attached hydrogens (primary N) is 1. The van der Waals surface area contributed by atoms with Crippen LogP contribution in [0.5, 0.6) is 0 Å². The monoisotopic (exact) mass is 295 g/mol. The maximum atomic E-state index is 12.5. The molecule has 1 aromatic heterocycles. The number of ether oxygens (including phenoxy) is 1. The molecule has 7 heteroatoms. The van der Waals surface area contributed by atoms with Gasteiger partial charge in [0.1, 0.15) is 5.69 Å². The summed E-state index contributed by atoms with van der Waals surface area (Å²) in [5.41, 5.74) is 6.01. The quantitative estimate of drug-likeness (QED) is 0.775. The number of hydrogen-bond acceptors (Lipinski definition) is 5. The number of aromatic nitrogens is 2. The van der Waals surface area contributed by atoms with E-state index in [1.165, 1.54) is 0 Å². The molecule has 7 nitrogen and oxygen atoms in total. The Balaban J connectivity index is 1.90. The van der Waals surface area contributed by atoms with Crippen LogP contribution in [0.2, 0.25) is 0 Å². The van der Waals surface area contributed by atoms with Crippen molar-refractivity contribution in [3.05, 3.63) is 18.2 Å². The molecule has 0 radical (unpaired) electrons. The van der Waals surface area contributed by atoms with E-state index in [0.717, 1.165) is 45.8 Å². The number of hydrogen-bond donors (Lipinski definition) is 1. The summed E-state index contributed by atoms with van der Waals surface area (Å²) in [5, 5.41) is 0. The first kappa shape index (κ1) is 15.9. The molecule has 0 spiro atoms. The Labute approximate surface area is 125 Å². The summed E-state index contributed by atoms with van der Waals surface area (Å²) in [6.07, 6.45) is 4.44. The third-order valence-corrected chi connectivity index (χ3v) is 3.73. The van der Waals surface area contributed by atoms with Crippen molar-refractivity contribution in [3.63, 3.8) is 0 Å². The lowest BCUT2D eigenvalue weighted by molar-refractivity contribution is 0.0753. The average molecular weight is 295 g/mol. The Hall–Kier alpha value is -1.44. The molecule has 1 fully saturated rings. The van der Waals surface area contributed by atoms with Crippen molar-refractivity contribution in [3.8, 4) is 0 Å². The first-order chi connectivity index (χ1) is 10.2. The number of nitrogens with zero attached hydrogens (tertiary/aromatic N) is 4.